The average Bonchev–Trinajstić information content (AvgIpc) is 2.30. The van der Waals surface area contributed by atoms with Gasteiger partial charge in [-0.15, -0.1) is 0 Å². The number of carbonyl (C=O) groups excluding carboxylic acids is 1. The summed E-state index contributed by atoms with van der Waals surface area (Å²) in [6.07, 6.45) is 0.463. The van der Waals surface area contributed by atoms with Gasteiger partial charge >= 0.3 is 6.09 Å². The lowest BCUT2D eigenvalue weighted by Gasteiger charge is -2.23. The van der Waals surface area contributed by atoms with Crippen molar-refractivity contribution in [3.05, 3.63) is 29.8 Å². The smallest absolute Gasteiger partial charge is 0.407 e. The van der Waals surface area contributed by atoms with Gasteiger partial charge in [0.05, 0.1) is 19.3 Å². The van der Waals surface area contributed by atoms with E-state index < -0.39 is 0 Å². The van der Waals surface area contributed by atoms with Gasteiger partial charge in [-0.3, -0.25) is 0 Å². The number of amides is 1. The molecule has 1 saturated heterocycles. The highest BCUT2D eigenvalue weighted by molar-refractivity contribution is 5.68. The van der Waals surface area contributed by atoms with Crippen LogP contribution in [0.4, 0.5) is 4.79 Å². The first-order valence-corrected chi connectivity index (χ1v) is 5.45. The van der Waals surface area contributed by atoms with Crippen molar-refractivity contribution in [3.63, 3.8) is 0 Å². The molecule has 2 rings (SSSR count). The lowest BCUT2D eigenvalue weighted by Crippen LogP contribution is -2.35. The number of cyclic esters (lactones) is 1. The molecule has 16 heavy (non-hydrogen) atoms. The Morgan fingerprint density at radius 1 is 1.44 bits per heavy atom. The average molecular weight is 221 g/mol. The van der Waals surface area contributed by atoms with Crippen LogP contribution < -0.4 is 10.1 Å². The maximum absolute atomic E-state index is 11.1. The standard InChI is InChI=1S/C12H15NO3/c1-2-15-10-5-3-9(4-6-10)11-7-8-16-12(14)13-11/h3-6,11H,2,7-8H2,1H3,(H,13,14)/t11-/m1/s1. The Labute approximate surface area is 94.6 Å². The molecule has 0 aliphatic carbocycles. The third-order valence-corrected chi connectivity index (χ3v) is 2.53. The van der Waals surface area contributed by atoms with Crippen molar-refractivity contribution in [2.24, 2.45) is 0 Å². The lowest BCUT2D eigenvalue weighted by molar-refractivity contribution is 0.115. The summed E-state index contributed by atoms with van der Waals surface area (Å²) in [5, 5.41) is 2.78. The van der Waals surface area contributed by atoms with Crippen LogP contribution in [0.15, 0.2) is 24.3 Å². The normalized spacial score (nSPS) is 19.8. The SMILES string of the molecule is CCOc1ccc([C@H]2CCOC(=O)N2)cc1. The van der Waals surface area contributed by atoms with Gasteiger partial charge in [-0.05, 0) is 24.6 Å². The molecular weight excluding hydrogens is 206 g/mol. The van der Waals surface area contributed by atoms with Crippen molar-refractivity contribution in [2.75, 3.05) is 13.2 Å². The predicted octanol–water partition coefficient (Wildman–Crippen LogP) is 2.26. The maximum Gasteiger partial charge on any atom is 0.407 e. The summed E-state index contributed by atoms with van der Waals surface area (Å²) in [6.45, 7) is 3.09. The van der Waals surface area contributed by atoms with E-state index in [0.29, 0.717) is 13.2 Å². The van der Waals surface area contributed by atoms with Gasteiger partial charge in [0.1, 0.15) is 5.75 Å². The molecule has 4 nitrogen and oxygen atoms in total. The van der Waals surface area contributed by atoms with E-state index in [4.69, 9.17) is 9.47 Å². The number of nitrogens with one attached hydrogen (secondary N) is 1. The van der Waals surface area contributed by atoms with Gasteiger partial charge in [0.15, 0.2) is 0 Å². The molecule has 0 spiro atoms. The number of hydrogen-bond acceptors (Lipinski definition) is 3. The molecular formula is C12H15NO3. The van der Waals surface area contributed by atoms with Crippen molar-refractivity contribution >= 4 is 6.09 Å². The summed E-state index contributed by atoms with van der Waals surface area (Å²) in [5.74, 6) is 0.852. The fourth-order valence-corrected chi connectivity index (χ4v) is 1.74. The van der Waals surface area contributed by atoms with Gasteiger partial charge in [-0.2, -0.15) is 0 Å². The molecule has 0 aromatic heterocycles. The summed E-state index contributed by atoms with van der Waals surface area (Å²) in [4.78, 5) is 11.1. The number of benzene rings is 1. The fourth-order valence-electron chi connectivity index (χ4n) is 1.74. The molecule has 0 bridgehead atoms. The van der Waals surface area contributed by atoms with E-state index in [0.717, 1.165) is 17.7 Å². The van der Waals surface area contributed by atoms with E-state index >= 15 is 0 Å². The van der Waals surface area contributed by atoms with Gasteiger partial charge in [-0.1, -0.05) is 12.1 Å². The minimum atomic E-state index is -0.342. The molecule has 1 fully saturated rings. The zero-order valence-electron chi connectivity index (χ0n) is 9.23. The van der Waals surface area contributed by atoms with Crippen molar-refractivity contribution in [1.82, 2.24) is 5.32 Å². The fraction of sp³-hybridized carbons (Fsp3) is 0.417. The molecule has 1 heterocycles. The Balaban J connectivity index is 2.05. The monoisotopic (exact) mass is 221 g/mol. The molecule has 0 radical (unpaired) electrons. The Bertz CT molecular complexity index is 361. The summed E-state index contributed by atoms with van der Waals surface area (Å²) < 4.78 is 10.2. The van der Waals surface area contributed by atoms with E-state index in [-0.39, 0.29) is 12.1 Å². The highest BCUT2D eigenvalue weighted by Crippen LogP contribution is 2.22. The van der Waals surface area contributed by atoms with E-state index in [1.807, 2.05) is 31.2 Å². The molecule has 1 atom stereocenters. The predicted molar refractivity (Wildman–Crippen MR) is 59.5 cm³/mol. The molecule has 86 valence electrons. The Morgan fingerprint density at radius 2 is 2.19 bits per heavy atom. The van der Waals surface area contributed by atoms with Gasteiger partial charge in [0.25, 0.3) is 0 Å². The van der Waals surface area contributed by atoms with Gasteiger partial charge in [0.2, 0.25) is 0 Å². The van der Waals surface area contributed by atoms with Crippen LogP contribution >= 0.6 is 0 Å². The van der Waals surface area contributed by atoms with Crippen LogP contribution in [0.2, 0.25) is 0 Å². The maximum atomic E-state index is 11.1. The second-order valence-corrected chi connectivity index (χ2v) is 3.62. The van der Waals surface area contributed by atoms with Crippen LogP contribution in [0.1, 0.15) is 24.9 Å². The molecule has 1 aromatic rings. The van der Waals surface area contributed by atoms with Crippen molar-refractivity contribution in [2.45, 2.75) is 19.4 Å². The zero-order valence-corrected chi connectivity index (χ0v) is 9.23. The summed E-state index contributed by atoms with van der Waals surface area (Å²) in [5.41, 5.74) is 1.08. The number of carbonyl (C=O) groups is 1. The number of hydrogen-bond donors (Lipinski definition) is 1. The Kier molecular flexibility index (Phi) is 3.29. The minimum absolute atomic E-state index is 0.0527. The van der Waals surface area contributed by atoms with Crippen LogP contribution in [0, 0.1) is 0 Å². The van der Waals surface area contributed by atoms with Crippen LogP contribution in [0.5, 0.6) is 5.75 Å². The Morgan fingerprint density at radius 3 is 2.81 bits per heavy atom. The summed E-state index contributed by atoms with van der Waals surface area (Å²) >= 11 is 0. The molecule has 1 aromatic carbocycles. The van der Waals surface area contributed by atoms with Crippen LogP contribution in [-0.2, 0) is 4.74 Å². The van der Waals surface area contributed by atoms with Crippen molar-refractivity contribution in [1.29, 1.82) is 0 Å². The highest BCUT2D eigenvalue weighted by atomic mass is 16.5. The largest absolute Gasteiger partial charge is 0.494 e. The molecule has 4 heteroatoms. The van der Waals surface area contributed by atoms with Gasteiger partial charge in [0, 0.05) is 6.42 Å². The number of rotatable bonds is 3. The second kappa shape index (κ2) is 4.88. The topological polar surface area (TPSA) is 47.6 Å². The third-order valence-electron chi connectivity index (χ3n) is 2.53. The Hall–Kier alpha value is -1.71. The number of alkyl carbamates (subject to hydrolysis) is 1. The minimum Gasteiger partial charge on any atom is -0.494 e. The van der Waals surface area contributed by atoms with E-state index in [2.05, 4.69) is 5.32 Å². The van der Waals surface area contributed by atoms with Crippen LogP contribution in [0.25, 0.3) is 0 Å². The molecule has 0 unspecified atom stereocenters. The van der Waals surface area contributed by atoms with E-state index in [1.165, 1.54) is 0 Å². The second-order valence-electron chi connectivity index (χ2n) is 3.62. The first-order valence-electron chi connectivity index (χ1n) is 5.45. The number of ether oxygens (including phenoxy) is 2. The van der Waals surface area contributed by atoms with Gasteiger partial charge < -0.3 is 14.8 Å². The first kappa shape index (κ1) is 10.8. The molecule has 1 aliphatic heterocycles. The van der Waals surface area contributed by atoms with Crippen LogP contribution in [0.3, 0.4) is 0 Å². The van der Waals surface area contributed by atoms with E-state index in [9.17, 15) is 4.79 Å². The third kappa shape index (κ3) is 2.45. The van der Waals surface area contributed by atoms with E-state index in [1.54, 1.807) is 0 Å². The van der Waals surface area contributed by atoms with Crippen molar-refractivity contribution in [3.8, 4) is 5.75 Å². The molecule has 1 aliphatic rings. The van der Waals surface area contributed by atoms with Gasteiger partial charge in [-0.25, -0.2) is 4.79 Å². The zero-order chi connectivity index (χ0) is 11.4. The summed E-state index contributed by atoms with van der Waals surface area (Å²) in [7, 11) is 0. The lowest BCUT2D eigenvalue weighted by atomic mass is 10.0. The van der Waals surface area contributed by atoms with Crippen LogP contribution in [-0.4, -0.2) is 19.3 Å². The highest BCUT2D eigenvalue weighted by Gasteiger charge is 2.20. The molecule has 1 amide bonds. The summed E-state index contributed by atoms with van der Waals surface area (Å²) in [6, 6.07) is 7.83. The molecule has 1 N–H and O–H groups in total. The van der Waals surface area contributed by atoms with Crippen molar-refractivity contribution < 1.29 is 14.3 Å². The molecule has 0 saturated carbocycles. The quantitative estimate of drug-likeness (QED) is 0.851. The first-order chi connectivity index (χ1) is 7.79.